The number of rotatable bonds is 4. The third kappa shape index (κ3) is 3.37. The number of nitrogens with zero attached hydrogens (tertiary/aromatic N) is 3. The minimum atomic E-state index is 0.180. The Balaban J connectivity index is 1.44. The molecule has 3 aromatic rings. The zero-order valence-electron chi connectivity index (χ0n) is 15.9. The van der Waals surface area contributed by atoms with Crippen LogP contribution >= 0.6 is 0 Å². The van der Waals surface area contributed by atoms with E-state index in [1.165, 1.54) is 5.39 Å². The lowest BCUT2D eigenvalue weighted by atomic mass is 10.2. The molecule has 0 radical (unpaired) electrons. The molecule has 1 amide bonds. The lowest BCUT2D eigenvalue weighted by molar-refractivity contribution is -0.132. The van der Waals surface area contributed by atoms with E-state index >= 15 is 0 Å². The second-order valence-electron chi connectivity index (χ2n) is 6.97. The molecule has 0 bridgehead atoms. The summed E-state index contributed by atoms with van der Waals surface area (Å²) in [6.07, 6.45) is 0. The molecule has 1 saturated heterocycles. The molecule has 1 aromatic heterocycles. The van der Waals surface area contributed by atoms with Crippen LogP contribution in [0, 0.1) is 6.92 Å². The molecule has 4 rings (SSSR count). The number of piperazine rings is 1. The van der Waals surface area contributed by atoms with Crippen molar-refractivity contribution in [3.63, 3.8) is 0 Å². The van der Waals surface area contributed by atoms with Gasteiger partial charge in [-0.25, -0.2) is 0 Å². The van der Waals surface area contributed by atoms with Crippen LogP contribution in [0.15, 0.2) is 54.6 Å². The van der Waals surface area contributed by atoms with E-state index in [0.717, 1.165) is 48.8 Å². The third-order valence-electron chi connectivity index (χ3n) is 5.37. The van der Waals surface area contributed by atoms with E-state index in [9.17, 15) is 4.79 Å². The molecule has 0 spiro atoms. The molecule has 1 fully saturated rings. The van der Waals surface area contributed by atoms with Crippen LogP contribution < -0.4 is 9.64 Å². The SMILES string of the molecule is COc1ccccc1N1CCN(C(=O)Cn2c(C)cc3ccccc32)CC1. The summed E-state index contributed by atoms with van der Waals surface area (Å²) in [5.41, 5.74) is 3.34. The van der Waals surface area contributed by atoms with E-state index in [1.54, 1.807) is 7.11 Å². The second-order valence-corrected chi connectivity index (χ2v) is 6.97. The molecule has 5 heteroatoms. The van der Waals surface area contributed by atoms with Crippen molar-refractivity contribution in [2.75, 3.05) is 38.2 Å². The lowest BCUT2D eigenvalue weighted by Crippen LogP contribution is -2.49. The predicted molar refractivity (Wildman–Crippen MR) is 108 cm³/mol. The van der Waals surface area contributed by atoms with E-state index in [2.05, 4.69) is 40.7 Å². The molecule has 2 aromatic carbocycles. The van der Waals surface area contributed by atoms with Crippen LogP contribution in [0.4, 0.5) is 5.69 Å². The maximum Gasteiger partial charge on any atom is 0.242 e. The van der Waals surface area contributed by atoms with E-state index < -0.39 is 0 Å². The molecule has 0 N–H and O–H groups in total. The number of hydrogen-bond acceptors (Lipinski definition) is 3. The van der Waals surface area contributed by atoms with Crippen molar-refractivity contribution in [3.8, 4) is 5.75 Å². The number of carbonyl (C=O) groups is 1. The Morgan fingerprint density at radius 2 is 1.70 bits per heavy atom. The van der Waals surface area contributed by atoms with Gasteiger partial charge in [-0.05, 0) is 36.6 Å². The smallest absolute Gasteiger partial charge is 0.242 e. The van der Waals surface area contributed by atoms with Crippen molar-refractivity contribution in [2.45, 2.75) is 13.5 Å². The molecule has 140 valence electrons. The summed E-state index contributed by atoms with van der Waals surface area (Å²) >= 11 is 0. The highest BCUT2D eigenvalue weighted by Gasteiger charge is 2.23. The Bertz CT molecular complexity index is 955. The number of para-hydroxylation sites is 3. The second kappa shape index (κ2) is 7.35. The van der Waals surface area contributed by atoms with Gasteiger partial charge < -0.3 is 19.1 Å². The number of aryl methyl sites for hydroxylation is 1. The fraction of sp³-hybridized carbons (Fsp3) is 0.318. The van der Waals surface area contributed by atoms with E-state index in [1.807, 2.05) is 35.2 Å². The Labute approximate surface area is 159 Å². The summed E-state index contributed by atoms with van der Waals surface area (Å²) in [5, 5.41) is 1.18. The lowest BCUT2D eigenvalue weighted by Gasteiger charge is -2.36. The maximum atomic E-state index is 12.9. The molecular formula is C22H25N3O2. The largest absolute Gasteiger partial charge is 0.495 e. The Morgan fingerprint density at radius 1 is 1.00 bits per heavy atom. The van der Waals surface area contributed by atoms with Gasteiger partial charge in [0.15, 0.2) is 0 Å². The standard InChI is InChI=1S/C22H25N3O2/c1-17-15-18-7-3-4-8-19(18)25(17)16-22(26)24-13-11-23(12-14-24)20-9-5-6-10-21(20)27-2/h3-10,15H,11-14,16H2,1-2H3. The van der Waals surface area contributed by atoms with Crippen LogP contribution in [0.5, 0.6) is 5.75 Å². The number of aromatic nitrogens is 1. The summed E-state index contributed by atoms with van der Waals surface area (Å²) in [6.45, 7) is 5.56. The van der Waals surface area contributed by atoms with Crippen LogP contribution in [0.1, 0.15) is 5.69 Å². The fourth-order valence-electron chi connectivity index (χ4n) is 3.88. The van der Waals surface area contributed by atoms with Crippen LogP contribution in [0.25, 0.3) is 10.9 Å². The number of anilines is 1. The summed E-state index contributed by atoms with van der Waals surface area (Å²) in [7, 11) is 1.70. The number of amides is 1. The van der Waals surface area contributed by atoms with Gasteiger partial charge in [-0.3, -0.25) is 4.79 Å². The highest BCUT2D eigenvalue weighted by Crippen LogP contribution is 2.28. The average Bonchev–Trinajstić information content (AvgIpc) is 3.03. The van der Waals surface area contributed by atoms with E-state index in [4.69, 9.17) is 4.74 Å². The van der Waals surface area contributed by atoms with Gasteiger partial charge in [-0.1, -0.05) is 30.3 Å². The molecule has 27 heavy (non-hydrogen) atoms. The summed E-state index contributed by atoms with van der Waals surface area (Å²) in [6, 6.07) is 18.4. The molecule has 0 saturated carbocycles. The van der Waals surface area contributed by atoms with Gasteiger partial charge in [0.1, 0.15) is 12.3 Å². The molecule has 1 aliphatic heterocycles. The minimum absolute atomic E-state index is 0.180. The van der Waals surface area contributed by atoms with Crippen molar-refractivity contribution in [2.24, 2.45) is 0 Å². The quantitative estimate of drug-likeness (QED) is 0.714. The number of ether oxygens (including phenoxy) is 1. The van der Waals surface area contributed by atoms with Crippen LogP contribution in [0.3, 0.4) is 0 Å². The van der Waals surface area contributed by atoms with Crippen molar-refractivity contribution in [3.05, 3.63) is 60.3 Å². The maximum absolute atomic E-state index is 12.9. The topological polar surface area (TPSA) is 37.7 Å². The molecule has 2 heterocycles. The Kier molecular flexibility index (Phi) is 4.75. The van der Waals surface area contributed by atoms with Crippen LogP contribution in [-0.4, -0.2) is 48.7 Å². The summed E-state index contributed by atoms with van der Waals surface area (Å²) < 4.78 is 7.59. The number of carbonyl (C=O) groups excluding carboxylic acids is 1. The van der Waals surface area contributed by atoms with E-state index in [-0.39, 0.29) is 5.91 Å². The number of hydrogen-bond donors (Lipinski definition) is 0. The summed E-state index contributed by atoms with van der Waals surface area (Å²) in [5.74, 6) is 1.06. The number of methoxy groups -OCH3 is 1. The van der Waals surface area contributed by atoms with Gasteiger partial charge in [0.2, 0.25) is 5.91 Å². The van der Waals surface area contributed by atoms with Crippen molar-refractivity contribution >= 4 is 22.5 Å². The van der Waals surface area contributed by atoms with Crippen molar-refractivity contribution in [1.29, 1.82) is 0 Å². The molecule has 0 aliphatic carbocycles. The van der Waals surface area contributed by atoms with Crippen molar-refractivity contribution < 1.29 is 9.53 Å². The zero-order chi connectivity index (χ0) is 18.8. The zero-order valence-corrected chi connectivity index (χ0v) is 15.9. The average molecular weight is 363 g/mol. The van der Waals surface area contributed by atoms with Gasteiger partial charge in [0.05, 0.1) is 12.8 Å². The molecule has 0 atom stereocenters. The summed E-state index contributed by atoms with van der Waals surface area (Å²) in [4.78, 5) is 17.2. The highest BCUT2D eigenvalue weighted by atomic mass is 16.5. The monoisotopic (exact) mass is 363 g/mol. The molecule has 5 nitrogen and oxygen atoms in total. The fourth-order valence-corrected chi connectivity index (χ4v) is 3.88. The van der Waals surface area contributed by atoms with Crippen LogP contribution in [0.2, 0.25) is 0 Å². The predicted octanol–water partition coefficient (Wildman–Crippen LogP) is 3.31. The first-order valence-corrected chi connectivity index (χ1v) is 9.38. The van der Waals surface area contributed by atoms with Gasteiger partial charge in [0, 0.05) is 37.4 Å². The third-order valence-corrected chi connectivity index (χ3v) is 5.37. The van der Waals surface area contributed by atoms with Gasteiger partial charge in [-0.2, -0.15) is 0 Å². The van der Waals surface area contributed by atoms with Gasteiger partial charge >= 0.3 is 0 Å². The van der Waals surface area contributed by atoms with Crippen molar-refractivity contribution in [1.82, 2.24) is 9.47 Å². The molecular weight excluding hydrogens is 338 g/mol. The Hall–Kier alpha value is -2.95. The Morgan fingerprint density at radius 3 is 2.48 bits per heavy atom. The van der Waals surface area contributed by atoms with Crippen LogP contribution in [-0.2, 0) is 11.3 Å². The first kappa shape index (κ1) is 17.5. The first-order chi connectivity index (χ1) is 13.2. The molecule has 1 aliphatic rings. The normalized spacial score (nSPS) is 14.6. The van der Waals surface area contributed by atoms with Gasteiger partial charge in [0.25, 0.3) is 0 Å². The molecule has 0 unspecified atom stereocenters. The number of fused-ring (bicyclic) bond motifs is 1. The minimum Gasteiger partial charge on any atom is -0.495 e. The highest BCUT2D eigenvalue weighted by molar-refractivity contribution is 5.84. The van der Waals surface area contributed by atoms with Gasteiger partial charge in [-0.15, -0.1) is 0 Å². The van der Waals surface area contributed by atoms with E-state index in [0.29, 0.717) is 6.54 Å². The first-order valence-electron chi connectivity index (χ1n) is 9.38. The number of benzene rings is 2.